The van der Waals surface area contributed by atoms with E-state index in [0.717, 1.165) is 5.56 Å². The molecule has 0 aromatic heterocycles. The first-order valence-electron chi connectivity index (χ1n) is 9.77. The molecule has 30 heavy (non-hydrogen) atoms. The summed E-state index contributed by atoms with van der Waals surface area (Å²) in [6, 6.07) is 10.8. The van der Waals surface area contributed by atoms with Crippen LogP contribution >= 0.6 is 0 Å². The van der Waals surface area contributed by atoms with Crippen LogP contribution in [0.1, 0.15) is 35.7 Å². The van der Waals surface area contributed by atoms with Gasteiger partial charge in [0.15, 0.2) is 28.8 Å². The molecule has 7 nitrogen and oxygen atoms in total. The Morgan fingerprint density at radius 2 is 1.53 bits per heavy atom. The van der Waals surface area contributed by atoms with Crippen molar-refractivity contribution in [2.45, 2.75) is 26.2 Å². The minimum atomic E-state index is -0.0374. The molecule has 1 amide bonds. The number of benzene rings is 2. The van der Waals surface area contributed by atoms with Gasteiger partial charge in [-0.2, -0.15) is 0 Å². The van der Waals surface area contributed by atoms with Crippen molar-refractivity contribution in [3.05, 3.63) is 47.5 Å². The molecule has 0 bridgehead atoms. The van der Waals surface area contributed by atoms with Gasteiger partial charge in [-0.15, -0.1) is 0 Å². The predicted molar refractivity (Wildman–Crippen MR) is 114 cm³/mol. The minimum absolute atomic E-state index is 0.0297. The highest BCUT2D eigenvalue weighted by Gasteiger charge is 2.09. The molecular formula is C23H29NO6. The van der Waals surface area contributed by atoms with Crippen molar-refractivity contribution < 1.29 is 28.5 Å². The molecule has 162 valence electrons. The quantitative estimate of drug-likeness (QED) is 0.422. The van der Waals surface area contributed by atoms with Gasteiger partial charge in [0.1, 0.15) is 0 Å². The van der Waals surface area contributed by atoms with Crippen LogP contribution in [0.25, 0.3) is 0 Å². The van der Waals surface area contributed by atoms with Crippen molar-refractivity contribution >= 4 is 11.7 Å². The van der Waals surface area contributed by atoms with E-state index in [0.29, 0.717) is 61.0 Å². The highest BCUT2D eigenvalue weighted by atomic mass is 16.5. The normalized spacial score (nSPS) is 10.3. The molecule has 0 saturated carbocycles. The number of hydrogen-bond donors (Lipinski definition) is 1. The molecule has 2 rings (SSSR count). The second-order valence-electron chi connectivity index (χ2n) is 6.66. The van der Waals surface area contributed by atoms with Gasteiger partial charge < -0.3 is 24.3 Å². The number of ether oxygens (including phenoxy) is 4. The molecule has 2 aromatic carbocycles. The molecule has 0 aliphatic heterocycles. The number of carbonyl (C=O) groups is 2. The van der Waals surface area contributed by atoms with Gasteiger partial charge in [-0.1, -0.05) is 6.07 Å². The largest absolute Gasteiger partial charge is 0.493 e. The second-order valence-corrected chi connectivity index (χ2v) is 6.66. The molecule has 0 aliphatic carbocycles. The summed E-state index contributed by atoms with van der Waals surface area (Å²) in [4.78, 5) is 23.5. The summed E-state index contributed by atoms with van der Waals surface area (Å²) in [5.74, 6) is 2.34. The van der Waals surface area contributed by atoms with Crippen LogP contribution in [-0.4, -0.2) is 46.2 Å². The molecule has 0 unspecified atom stereocenters. The summed E-state index contributed by atoms with van der Waals surface area (Å²) < 4.78 is 21.5. The Labute approximate surface area is 177 Å². The third-order valence-electron chi connectivity index (χ3n) is 4.56. The van der Waals surface area contributed by atoms with Gasteiger partial charge in [0.05, 0.1) is 27.9 Å². The van der Waals surface area contributed by atoms with Crippen molar-refractivity contribution in [1.82, 2.24) is 5.32 Å². The summed E-state index contributed by atoms with van der Waals surface area (Å²) in [7, 11) is 4.72. The van der Waals surface area contributed by atoms with E-state index in [1.807, 2.05) is 18.2 Å². The molecule has 0 radical (unpaired) electrons. The highest BCUT2D eigenvalue weighted by molar-refractivity contribution is 5.94. The summed E-state index contributed by atoms with van der Waals surface area (Å²) >= 11 is 0. The number of Topliss-reactive ketones (excluding diaryl/α,β-unsaturated/α-hetero) is 1. The zero-order chi connectivity index (χ0) is 21.9. The fraction of sp³-hybridized carbons (Fsp3) is 0.391. The second kappa shape index (κ2) is 11.7. The molecule has 0 aliphatic rings. The van der Waals surface area contributed by atoms with Crippen LogP contribution in [0.2, 0.25) is 0 Å². The summed E-state index contributed by atoms with van der Waals surface area (Å²) in [5, 5.41) is 2.91. The van der Waals surface area contributed by atoms with Crippen LogP contribution in [0.15, 0.2) is 36.4 Å². The van der Waals surface area contributed by atoms with Crippen LogP contribution in [0, 0.1) is 0 Å². The number of hydrogen-bond acceptors (Lipinski definition) is 6. The smallest absolute Gasteiger partial charge is 0.220 e. The van der Waals surface area contributed by atoms with E-state index in [2.05, 4.69) is 5.32 Å². The average molecular weight is 415 g/mol. The molecule has 0 spiro atoms. The lowest BCUT2D eigenvalue weighted by Crippen LogP contribution is -2.25. The topological polar surface area (TPSA) is 83.1 Å². The molecule has 0 fully saturated rings. The van der Waals surface area contributed by atoms with Gasteiger partial charge in [0.2, 0.25) is 5.91 Å². The Kier molecular flexibility index (Phi) is 9.00. The molecule has 7 heteroatoms. The first-order valence-corrected chi connectivity index (χ1v) is 9.77. The van der Waals surface area contributed by atoms with Gasteiger partial charge in [-0.05, 0) is 55.7 Å². The third kappa shape index (κ3) is 6.69. The lowest BCUT2D eigenvalue weighted by Gasteiger charge is -2.12. The van der Waals surface area contributed by atoms with Gasteiger partial charge in [0.25, 0.3) is 0 Å². The maximum atomic E-state index is 12.0. The van der Waals surface area contributed by atoms with Crippen molar-refractivity contribution in [3.63, 3.8) is 0 Å². The lowest BCUT2D eigenvalue weighted by molar-refractivity contribution is -0.121. The first kappa shape index (κ1) is 23.1. The van der Waals surface area contributed by atoms with Crippen LogP contribution in [0.4, 0.5) is 0 Å². The number of methoxy groups -OCH3 is 3. The summed E-state index contributed by atoms with van der Waals surface area (Å²) in [6.45, 7) is 2.41. The van der Waals surface area contributed by atoms with Gasteiger partial charge >= 0.3 is 0 Å². The van der Waals surface area contributed by atoms with E-state index >= 15 is 0 Å². The van der Waals surface area contributed by atoms with E-state index < -0.39 is 0 Å². The molecular weight excluding hydrogens is 386 g/mol. The number of carbonyl (C=O) groups excluding carboxylic acids is 2. The Balaban J connectivity index is 1.71. The Bertz CT molecular complexity index is 865. The van der Waals surface area contributed by atoms with Gasteiger partial charge in [-0.25, -0.2) is 0 Å². The Hall–Kier alpha value is -3.22. The number of rotatable bonds is 12. The van der Waals surface area contributed by atoms with Crippen LogP contribution in [0.3, 0.4) is 0 Å². The fourth-order valence-electron chi connectivity index (χ4n) is 2.89. The molecule has 0 atom stereocenters. The highest BCUT2D eigenvalue weighted by Crippen LogP contribution is 2.29. The standard InChI is InChI=1S/C23H29NO6/c1-16(25)18-8-10-20(22(15-18)29-4)30-13-5-6-23(26)24-12-11-17-7-9-19(27-2)21(14-17)28-3/h7-10,14-15H,5-6,11-13H2,1-4H3,(H,24,26). The Morgan fingerprint density at radius 3 is 2.20 bits per heavy atom. The van der Waals surface area contributed by atoms with Crippen LogP contribution in [0.5, 0.6) is 23.0 Å². The zero-order valence-electron chi connectivity index (χ0n) is 17.9. The van der Waals surface area contributed by atoms with E-state index in [9.17, 15) is 9.59 Å². The molecule has 2 aromatic rings. The molecule has 0 saturated heterocycles. The molecule has 1 N–H and O–H groups in total. The van der Waals surface area contributed by atoms with E-state index in [1.165, 1.54) is 14.0 Å². The van der Waals surface area contributed by atoms with Gasteiger partial charge in [0, 0.05) is 18.5 Å². The fourth-order valence-corrected chi connectivity index (χ4v) is 2.89. The summed E-state index contributed by atoms with van der Waals surface area (Å²) in [5.41, 5.74) is 1.62. The minimum Gasteiger partial charge on any atom is -0.493 e. The maximum absolute atomic E-state index is 12.0. The number of amides is 1. The first-order chi connectivity index (χ1) is 14.5. The van der Waals surface area contributed by atoms with Crippen molar-refractivity contribution in [2.24, 2.45) is 0 Å². The lowest BCUT2D eigenvalue weighted by atomic mass is 10.1. The number of ketones is 1. The third-order valence-corrected chi connectivity index (χ3v) is 4.56. The monoisotopic (exact) mass is 415 g/mol. The maximum Gasteiger partial charge on any atom is 0.220 e. The van der Waals surface area contributed by atoms with Gasteiger partial charge in [-0.3, -0.25) is 9.59 Å². The van der Waals surface area contributed by atoms with Crippen molar-refractivity contribution in [3.8, 4) is 23.0 Å². The average Bonchev–Trinajstić information content (AvgIpc) is 2.76. The van der Waals surface area contributed by atoms with Crippen molar-refractivity contribution in [2.75, 3.05) is 34.5 Å². The van der Waals surface area contributed by atoms with Crippen LogP contribution < -0.4 is 24.3 Å². The van der Waals surface area contributed by atoms with Crippen LogP contribution in [-0.2, 0) is 11.2 Å². The van der Waals surface area contributed by atoms with E-state index in [1.54, 1.807) is 32.4 Å². The molecule has 0 heterocycles. The Morgan fingerprint density at radius 1 is 0.867 bits per heavy atom. The predicted octanol–water partition coefficient (Wildman–Crippen LogP) is 3.43. The zero-order valence-corrected chi connectivity index (χ0v) is 17.9. The SMILES string of the molecule is COc1ccc(CCNC(=O)CCCOc2ccc(C(C)=O)cc2OC)cc1OC. The van der Waals surface area contributed by atoms with Crippen molar-refractivity contribution in [1.29, 1.82) is 0 Å². The van der Waals surface area contributed by atoms with E-state index in [-0.39, 0.29) is 11.7 Å². The number of nitrogens with one attached hydrogen (secondary N) is 1. The summed E-state index contributed by atoms with van der Waals surface area (Å²) in [6.07, 6.45) is 1.63. The van der Waals surface area contributed by atoms with E-state index in [4.69, 9.17) is 18.9 Å².